The number of anilines is 1. The average Bonchev–Trinajstić information content (AvgIpc) is 2.82. The van der Waals surface area contributed by atoms with Gasteiger partial charge in [-0.25, -0.2) is 4.68 Å². The smallest absolute Gasteiger partial charge is 0.246 e. The van der Waals surface area contributed by atoms with Gasteiger partial charge in [0.25, 0.3) is 0 Å². The molecule has 0 saturated heterocycles. The lowest BCUT2D eigenvalue weighted by molar-refractivity contribution is -0.116. The Hall–Kier alpha value is -1.89. The minimum Gasteiger partial charge on any atom is -0.324 e. The van der Waals surface area contributed by atoms with Crippen molar-refractivity contribution >= 4 is 23.4 Å². The molecule has 1 amide bonds. The van der Waals surface area contributed by atoms with Crippen LogP contribution in [0.5, 0.6) is 0 Å². The van der Waals surface area contributed by atoms with Crippen molar-refractivity contribution in [2.75, 3.05) is 11.6 Å². The summed E-state index contributed by atoms with van der Waals surface area (Å²) < 4.78 is 1.37. The zero-order valence-corrected chi connectivity index (χ0v) is 10.0. The van der Waals surface area contributed by atoms with Gasteiger partial charge in [0.15, 0.2) is 0 Å². The van der Waals surface area contributed by atoms with Gasteiger partial charge in [-0.15, -0.1) is 16.9 Å². The monoisotopic (exact) mass is 249 g/mol. The highest BCUT2D eigenvalue weighted by molar-refractivity contribution is 7.98. The van der Waals surface area contributed by atoms with Crippen molar-refractivity contribution in [2.24, 2.45) is 0 Å². The molecule has 0 aliphatic rings. The summed E-state index contributed by atoms with van der Waals surface area (Å²) in [6, 6.07) is 7.64. The van der Waals surface area contributed by atoms with Gasteiger partial charge in [-0.2, -0.15) is 0 Å². The van der Waals surface area contributed by atoms with E-state index in [1.54, 1.807) is 11.8 Å². The second-order valence-corrected chi connectivity index (χ2v) is 4.16. The summed E-state index contributed by atoms with van der Waals surface area (Å²) in [6.45, 7) is 0.108. The molecule has 17 heavy (non-hydrogen) atoms. The van der Waals surface area contributed by atoms with Crippen molar-refractivity contribution in [3.63, 3.8) is 0 Å². The maximum atomic E-state index is 11.6. The molecule has 0 radical (unpaired) electrons. The Labute approximate surface area is 102 Å². The van der Waals surface area contributed by atoms with E-state index < -0.39 is 0 Å². The van der Waals surface area contributed by atoms with Gasteiger partial charge in [0.2, 0.25) is 5.91 Å². The third kappa shape index (κ3) is 3.28. The molecule has 0 fully saturated rings. The third-order valence-electron chi connectivity index (χ3n) is 2.07. The highest BCUT2D eigenvalue weighted by atomic mass is 32.2. The molecule has 1 heterocycles. The molecule has 0 bridgehead atoms. The van der Waals surface area contributed by atoms with Gasteiger partial charge in [0.1, 0.15) is 12.9 Å². The van der Waals surface area contributed by atoms with Gasteiger partial charge >= 0.3 is 0 Å². The summed E-state index contributed by atoms with van der Waals surface area (Å²) in [5.74, 6) is -0.158. The fourth-order valence-electron chi connectivity index (χ4n) is 1.27. The molecule has 1 aromatic carbocycles. The van der Waals surface area contributed by atoms with Crippen LogP contribution in [0.15, 0.2) is 35.5 Å². The number of carbonyl (C=O) groups is 1. The first-order valence-electron chi connectivity index (χ1n) is 4.92. The average molecular weight is 249 g/mol. The summed E-state index contributed by atoms with van der Waals surface area (Å²) in [7, 11) is 0. The first kappa shape index (κ1) is 11.6. The largest absolute Gasteiger partial charge is 0.324 e. The molecule has 0 saturated carbocycles. The fourth-order valence-corrected chi connectivity index (χ4v) is 1.68. The Balaban J connectivity index is 1.93. The lowest BCUT2D eigenvalue weighted by Crippen LogP contribution is -2.19. The molecule has 7 heteroatoms. The van der Waals surface area contributed by atoms with Crippen molar-refractivity contribution in [2.45, 2.75) is 11.4 Å². The van der Waals surface area contributed by atoms with E-state index in [0.717, 1.165) is 10.6 Å². The highest BCUT2D eigenvalue weighted by Crippen LogP contribution is 2.17. The number of thioether (sulfide) groups is 1. The first-order chi connectivity index (χ1) is 8.28. The number of rotatable bonds is 4. The Morgan fingerprint density at radius 2 is 2.18 bits per heavy atom. The van der Waals surface area contributed by atoms with Gasteiger partial charge in [0, 0.05) is 10.6 Å². The van der Waals surface area contributed by atoms with Crippen molar-refractivity contribution in [3.05, 3.63) is 30.6 Å². The first-order valence-corrected chi connectivity index (χ1v) is 6.15. The SMILES string of the molecule is CSc1ccc(NC(=O)Cn2cnnn2)cc1. The van der Waals surface area contributed by atoms with E-state index in [1.165, 1.54) is 11.0 Å². The van der Waals surface area contributed by atoms with Crippen LogP contribution in [0.25, 0.3) is 0 Å². The molecule has 0 aliphatic carbocycles. The van der Waals surface area contributed by atoms with Crippen molar-refractivity contribution in [3.8, 4) is 0 Å². The normalized spacial score (nSPS) is 10.2. The number of nitrogens with zero attached hydrogens (tertiary/aromatic N) is 4. The zero-order chi connectivity index (χ0) is 12.1. The van der Waals surface area contributed by atoms with E-state index in [9.17, 15) is 4.79 Å². The Kier molecular flexibility index (Phi) is 3.71. The third-order valence-corrected chi connectivity index (χ3v) is 2.81. The molecule has 1 N–H and O–H groups in total. The van der Waals surface area contributed by atoms with E-state index in [-0.39, 0.29) is 12.5 Å². The van der Waals surface area contributed by atoms with E-state index >= 15 is 0 Å². The van der Waals surface area contributed by atoms with Crippen LogP contribution in [0, 0.1) is 0 Å². The summed E-state index contributed by atoms with van der Waals surface area (Å²) >= 11 is 1.66. The molecule has 0 spiro atoms. The van der Waals surface area contributed by atoms with Crippen LogP contribution in [-0.2, 0) is 11.3 Å². The van der Waals surface area contributed by atoms with E-state index in [1.807, 2.05) is 30.5 Å². The number of carbonyl (C=O) groups excluding carboxylic acids is 1. The number of hydrogen-bond donors (Lipinski definition) is 1. The molecule has 2 aromatic rings. The highest BCUT2D eigenvalue weighted by Gasteiger charge is 2.04. The molecule has 6 nitrogen and oxygen atoms in total. The van der Waals surface area contributed by atoms with Crippen molar-refractivity contribution in [1.29, 1.82) is 0 Å². The molecule has 1 aromatic heterocycles. The van der Waals surface area contributed by atoms with Crippen LogP contribution in [-0.4, -0.2) is 32.4 Å². The number of benzene rings is 1. The standard InChI is InChI=1S/C10H11N5OS/c1-17-9-4-2-8(3-5-9)12-10(16)6-15-7-11-13-14-15/h2-5,7H,6H2,1H3,(H,12,16). The minimum atomic E-state index is -0.158. The number of aromatic nitrogens is 4. The summed E-state index contributed by atoms with van der Waals surface area (Å²) in [4.78, 5) is 12.8. The van der Waals surface area contributed by atoms with Crippen LogP contribution in [0.1, 0.15) is 0 Å². The van der Waals surface area contributed by atoms with Crippen molar-refractivity contribution < 1.29 is 4.79 Å². The van der Waals surface area contributed by atoms with Gasteiger partial charge < -0.3 is 5.32 Å². The molecular formula is C10H11N5OS. The number of tetrazole rings is 1. The fraction of sp³-hybridized carbons (Fsp3) is 0.200. The predicted octanol–water partition coefficient (Wildman–Crippen LogP) is 1.03. The maximum absolute atomic E-state index is 11.6. The van der Waals surface area contributed by atoms with Crippen LogP contribution < -0.4 is 5.32 Å². The van der Waals surface area contributed by atoms with Gasteiger partial charge in [0.05, 0.1) is 0 Å². The molecule has 0 aliphatic heterocycles. The lowest BCUT2D eigenvalue weighted by atomic mass is 10.3. The molecule has 88 valence electrons. The molecule has 0 atom stereocenters. The molecule has 0 unspecified atom stereocenters. The van der Waals surface area contributed by atoms with E-state index in [0.29, 0.717) is 0 Å². The second-order valence-electron chi connectivity index (χ2n) is 3.28. The second kappa shape index (κ2) is 5.44. The van der Waals surface area contributed by atoms with E-state index in [2.05, 4.69) is 20.8 Å². The van der Waals surface area contributed by atoms with Crippen LogP contribution in [0.4, 0.5) is 5.69 Å². The Bertz CT molecular complexity index is 482. The van der Waals surface area contributed by atoms with E-state index in [4.69, 9.17) is 0 Å². The molecular weight excluding hydrogens is 238 g/mol. The number of amides is 1. The predicted molar refractivity (Wildman–Crippen MR) is 64.7 cm³/mol. The summed E-state index contributed by atoms with van der Waals surface area (Å²) in [5, 5.41) is 13.3. The van der Waals surface area contributed by atoms with Gasteiger partial charge in [-0.05, 0) is 40.9 Å². The Morgan fingerprint density at radius 3 is 2.76 bits per heavy atom. The van der Waals surface area contributed by atoms with Gasteiger partial charge in [-0.1, -0.05) is 0 Å². The number of hydrogen-bond acceptors (Lipinski definition) is 5. The molecule has 2 rings (SSSR count). The van der Waals surface area contributed by atoms with Crippen LogP contribution in [0.3, 0.4) is 0 Å². The van der Waals surface area contributed by atoms with Crippen molar-refractivity contribution in [1.82, 2.24) is 20.2 Å². The van der Waals surface area contributed by atoms with Crippen LogP contribution in [0.2, 0.25) is 0 Å². The Morgan fingerprint density at radius 1 is 1.41 bits per heavy atom. The lowest BCUT2D eigenvalue weighted by Gasteiger charge is -2.05. The topological polar surface area (TPSA) is 72.7 Å². The summed E-state index contributed by atoms with van der Waals surface area (Å²) in [5.41, 5.74) is 0.765. The van der Waals surface area contributed by atoms with Gasteiger partial charge in [-0.3, -0.25) is 4.79 Å². The summed E-state index contributed by atoms with van der Waals surface area (Å²) in [6.07, 6.45) is 3.40. The minimum absolute atomic E-state index is 0.108. The zero-order valence-electron chi connectivity index (χ0n) is 9.20. The maximum Gasteiger partial charge on any atom is 0.246 e. The number of nitrogens with one attached hydrogen (secondary N) is 1. The quantitative estimate of drug-likeness (QED) is 0.819. The van der Waals surface area contributed by atoms with Crippen LogP contribution >= 0.6 is 11.8 Å².